The van der Waals surface area contributed by atoms with E-state index in [-0.39, 0.29) is 5.84 Å². The maximum Gasteiger partial charge on any atom is 0.124 e. The van der Waals surface area contributed by atoms with E-state index in [4.69, 9.17) is 27.5 Å². The fourth-order valence-electron chi connectivity index (χ4n) is 1.89. The van der Waals surface area contributed by atoms with E-state index in [0.717, 1.165) is 18.8 Å². The van der Waals surface area contributed by atoms with Crippen molar-refractivity contribution < 1.29 is 4.74 Å². The van der Waals surface area contributed by atoms with Gasteiger partial charge in [-0.05, 0) is 24.1 Å². The molecule has 4 nitrogen and oxygen atoms in total. The molecule has 1 aromatic rings. The van der Waals surface area contributed by atoms with Crippen LogP contribution in [-0.2, 0) is 4.74 Å². The molecule has 0 amide bonds. The molecule has 0 saturated heterocycles. The number of hydrogen-bond acceptors (Lipinski definition) is 3. The molecule has 0 saturated carbocycles. The van der Waals surface area contributed by atoms with Crippen LogP contribution in [0.1, 0.15) is 19.4 Å². The van der Waals surface area contributed by atoms with Crippen LogP contribution in [0.5, 0.6) is 0 Å². The number of nitrogens with one attached hydrogen (secondary N) is 1. The Balaban J connectivity index is 2.95. The van der Waals surface area contributed by atoms with Crippen molar-refractivity contribution in [3.63, 3.8) is 0 Å². The Morgan fingerprint density at radius 2 is 2.16 bits per heavy atom. The summed E-state index contributed by atoms with van der Waals surface area (Å²) in [4.78, 5) is 2.23. The molecule has 0 fully saturated rings. The number of anilines is 1. The maximum atomic E-state index is 7.44. The lowest BCUT2D eigenvalue weighted by atomic mass is 10.1. The van der Waals surface area contributed by atoms with Gasteiger partial charge in [-0.1, -0.05) is 25.4 Å². The third-order valence-electron chi connectivity index (χ3n) is 2.76. The number of amidine groups is 1. The molecular formula is C14H22ClN3O. The van der Waals surface area contributed by atoms with Crippen LogP contribution in [-0.4, -0.2) is 32.6 Å². The van der Waals surface area contributed by atoms with Crippen LogP contribution in [0.15, 0.2) is 18.2 Å². The molecule has 3 N–H and O–H groups in total. The second kappa shape index (κ2) is 7.36. The highest BCUT2D eigenvalue weighted by Gasteiger charge is 2.11. The summed E-state index contributed by atoms with van der Waals surface area (Å²) in [5.41, 5.74) is 7.07. The first kappa shape index (κ1) is 15.8. The smallest absolute Gasteiger partial charge is 0.124 e. The van der Waals surface area contributed by atoms with Crippen molar-refractivity contribution >= 4 is 23.1 Å². The van der Waals surface area contributed by atoms with E-state index >= 15 is 0 Å². The largest absolute Gasteiger partial charge is 0.384 e. The van der Waals surface area contributed by atoms with E-state index in [2.05, 4.69) is 18.7 Å². The lowest BCUT2D eigenvalue weighted by Crippen LogP contribution is -2.31. The Bertz CT molecular complexity index is 435. The highest BCUT2D eigenvalue weighted by atomic mass is 35.5. The molecule has 0 aliphatic heterocycles. The van der Waals surface area contributed by atoms with Crippen molar-refractivity contribution in [2.45, 2.75) is 13.8 Å². The SMILES string of the molecule is COCCN(CC(C)C)c1ccc(C(=N)N)c(Cl)c1. The van der Waals surface area contributed by atoms with Crippen molar-refractivity contribution in [3.05, 3.63) is 28.8 Å². The second-order valence-corrected chi connectivity index (χ2v) is 5.32. The van der Waals surface area contributed by atoms with Crippen LogP contribution in [0.3, 0.4) is 0 Å². The molecule has 0 spiro atoms. The predicted molar refractivity (Wildman–Crippen MR) is 81.4 cm³/mol. The summed E-state index contributed by atoms with van der Waals surface area (Å²) in [6.45, 7) is 6.75. The summed E-state index contributed by atoms with van der Waals surface area (Å²) >= 11 is 6.16. The number of benzene rings is 1. The predicted octanol–water partition coefficient (Wildman–Crippen LogP) is 2.73. The first-order valence-corrected chi connectivity index (χ1v) is 6.71. The number of rotatable bonds is 7. The number of nitrogens with two attached hydrogens (primary N) is 1. The molecule has 19 heavy (non-hydrogen) atoms. The van der Waals surface area contributed by atoms with Crippen LogP contribution in [0.4, 0.5) is 5.69 Å². The third-order valence-corrected chi connectivity index (χ3v) is 3.07. The van der Waals surface area contributed by atoms with E-state index in [1.807, 2.05) is 12.1 Å². The lowest BCUT2D eigenvalue weighted by molar-refractivity contribution is 0.204. The first-order chi connectivity index (χ1) is 8.95. The highest BCUT2D eigenvalue weighted by Crippen LogP contribution is 2.24. The minimum atomic E-state index is -0.0103. The number of methoxy groups -OCH3 is 1. The van der Waals surface area contributed by atoms with E-state index in [9.17, 15) is 0 Å². The fraction of sp³-hybridized carbons (Fsp3) is 0.500. The molecule has 0 unspecified atom stereocenters. The minimum absolute atomic E-state index is 0.0103. The Kier molecular flexibility index (Phi) is 6.12. The number of nitrogens with zero attached hydrogens (tertiary/aromatic N) is 1. The van der Waals surface area contributed by atoms with Crippen molar-refractivity contribution in [2.24, 2.45) is 11.7 Å². The van der Waals surface area contributed by atoms with E-state index in [1.54, 1.807) is 13.2 Å². The number of ether oxygens (including phenoxy) is 1. The van der Waals surface area contributed by atoms with Gasteiger partial charge in [0, 0.05) is 31.5 Å². The highest BCUT2D eigenvalue weighted by molar-refractivity contribution is 6.34. The summed E-state index contributed by atoms with van der Waals surface area (Å²) in [6.07, 6.45) is 0. The topological polar surface area (TPSA) is 62.3 Å². The minimum Gasteiger partial charge on any atom is -0.384 e. The molecule has 1 aromatic carbocycles. The summed E-state index contributed by atoms with van der Waals surface area (Å²) < 4.78 is 5.14. The quantitative estimate of drug-likeness (QED) is 0.597. The zero-order valence-corrected chi connectivity index (χ0v) is 12.5. The number of halogens is 1. The van der Waals surface area contributed by atoms with E-state index in [1.165, 1.54) is 0 Å². The molecule has 0 bridgehead atoms. The van der Waals surface area contributed by atoms with Crippen LogP contribution >= 0.6 is 11.6 Å². The lowest BCUT2D eigenvalue weighted by Gasteiger charge is -2.27. The molecule has 0 heterocycles. The van der Waals surface area contributed by atoms with Gasteiger partial charge in [0.15, 0.2) is 0 Å². The zero-order valence-electron chi connectivity index (χ0n) is 11.7. The Morgan fingerprint density at radius 1 is 1.47 bits per heavy atom. The zero-order chi connectivity index (χ0) is 14.4. The summed E-state index contributed by atoms with van der Waals surface area (Å²) in [5, 5.41) is 7.95. The van der Waals surface area contributed by atoms with Gasteiger partial charge >= 0.3 is 0 Å². The van der Waals surface area contributed by atoms with Gasteiger partial charge in [-0.15, -0.1) is 0 Å². The Labute approximate surface area is 120 Å². The molecule has 0 radical (unpaired) electrons. The van der Waals surface area contributed by atoms with Crippen LogP contribution in [0.25, 0.3) is 0 Å². The summed E-state index contributed by atoms with van der Waals surface area (Å²) in [6, 6.07) is 5.59. The molecule has 106 valence electrons. The first-order valence-electron chi connectivity index (χ1n) is 6.33. The number of hydrogen-bond donors (Lipinski definition) is 2. The van der Waals surface area contributed by atoms with Crippen molar-refractivity contribution in [3.8, 4) is 0 Å². The molecule has 0 aliphatic carbocycles. The molecule has 0 aliphatic rings. The Hall–Kier alpha value is -1.26. The molecule has 1 rings (SSSR count). The van der Waals surface area contributed by atoms with Crippen LogP contribution in [0, 0.1) is 11.3 Å². The maximum absolute atomic E-state index is 7.44. The van der Waals surface area contributed by atoms with Gasteiger partial charge in [-0.25, -0.2) is 0 Å². The van der Waals surface area contributed by atoms with Crippen LogP contribution in [0.2, 0.25) is 5.02 Å². The molecule has 5 heteroatoms. The Morgan fingerprint density at radius 3 is 2.63 bits per heavy atom. The van der Waals surface area contributed by atoms with Crippen molar-refractivity contribution in [1.29, 1.82) is 5.41 Å². The van der Waals surface area contributed by atoms with E-state index in [0.29, 0.717) is 23.1 Å². The monoisotopic (exact) mass is 283 g/mol. The van der Waals surface area contributed by atoms with E-state index < -0.39 is 0 Å². The van der Waals surface area contributed by atoms with Gasteiger partial charge in [0.2, 0.25) is 0 Å². The van der Waals surface area contributed by atoms with Crippen LogP contribution < -0.4 is 10.6 Å². The van der Waals surface area contributed by atoms with Crippen molar-refractivity contribution in [2.75, 3.05) is 31.7 Å². The van der Waals surface area contributed by atoms with Gasteiger partial charge in [0.1, 0.15) is 5.84 Å². The molecule has 0 aromatic heterocycles. The summed E-state index contributed by atoms with van der Waals surface area (Å²) in [7, 11) is 1.69. The normalized spacial score (nSPS) is 10.8. The van der Waals surface area contributed by atoms with Gasteiger partial charge < -0.3 is 15.4 Å². The average Bonchev–Trinajstić information content (AvgIpc) is 2.33. The number of nitrogen functional groups attached to an aromatic ring is 1. The third kappa shape index (κ3) is 4.73. The molecule has 0 atom stereocenters. The van der Waals surface area contributed by atoms with Gasteiger partial charge in [-0.3, -0.25) is 5.41 Å². The average molecular weight is 284 g/mol. The van der Waals surface area contributed by atoms with Gasteiger partial charge in [-0.2, -0.15) is 0 Å². The van der Waals surface area contributed by atoms with Gasteiger partial charge in [0.05, 0.1) is 11.6 Å². The molecular weight excluding hydrogens is 262 g/mol. The van der Waals surface area contributed by atoms with Gasteiger partial charge in [0.25, 0.3) is 0 Å². The second-order valence-electron chi connectivity index (χ2n) is 4.91. The van der Waals surface area contributed by atoms with Crippen molar-refractivity contribution in [1.82, 2.24) is 0 Å². The standard InChI is InChI=1S/C14H22ClN3O/c1-10(2)9-18(6-7-19-3)11-4-5-12(14(16)17)13(15)8-11/h4-5,8,10H,6-7,9H2,1-3H3,(H3,16,17). The fourth-order valence-corrected chi connectivity index (χ4v) is 2.16. The summed E-state index contributed by atoms with van der Waals surface area (Å²) in [5.74, 6) is 0.534.